The summed E-state index contributed by atoms with van der Waals surface area (Å²) in [7, 11) is -3.09. The number of carbonyl (C=O) groups is 2. The van der Waals surface area contributed by atoms with Gasteiger partial charge >= 0.3 is 0 Å². The van der Waals surface area contributed by atoms with E-state index >= 15 is 0 Å². The van der Waals surface area contributed by atoms with Gasteiger partial charge in [-0.25, -0.2) is 8.42 Å². The predicted molar refractivity (Wildman–Crippen MR) is 99.2 cm³/mol. The third kappa shape index (κ3) is 3.89. The SMILES string of the molecule is Cc1cc(N2C[C@H](C(=O)N[C@]3(C)CCS(=O)(=O)C3)CC2=O)ccc1Br. The number of nitrogens with zero attached hydrogens (tertiary/aromatic N) is 1. The average molecular weight is 429 g/mol. The Morgan fingerprint density at radius 2 is 2.12 bits per heavy atom. The first-order chi connectivity index (χ1) is 11.6. The van der Waals surface area contributed by atoms with Crippen molar-refractivity contribution in [2.45, 2.75) is 32.2 Å². The van der Waals surface area contributed by atoms with Gasteiger partial charge < -0.3 is 10.2 Å². The smallest absolute Gasteiger partial charge is 0.227 e. The molecule has 1 aromatic carbocycles. The molecule has 2 amide bonds. The monoisotopic (exact) mass is 428 g/mol. The molecule has 0 radical (unpaired) electrons. The molecule has 136 valence electrons. The lowest BCUT2D eigenvalue weighted by molar-refractivity contribution is -0.127. The Hall–Kier alpha value is -1.41. The maximum Gasteiger partial charge on any atom is 0.227 e. The second-order valence-corrected chi connectivity index (χ2v) is 10.3. The van der Waals surface area contributed by atoms with Gasteiger partial charge in [-0.1, -0.05) is 15.9 Å². The highest BCUT2D eigenvalue weighted by Gasteiger charge is 2.42. The van der Waals surface area contributed by atoms with Crippen LogP contribution in [0.4, 0.5) is 5.69 Å². The Morgan fingerprint density at radius 3 is 2.72 bits per heavy atom. The summed E-state index contributed by atoms with van der Waals surface area (Å²) in [4.78, 5) is 26.5. The standard InChI is InChI=1S/C17H21BrN2O4S/c1-11-7-13(3-4-14(11)18)20-9-12(8-15(20)21)16(22)19-17(2)5-6-25(23,24)10-17/h3-4,7,12H,5-6,8-10H2,1-2H3,(H,19,22)/t12-,17-/m1/s1. The largest absolute Gasteiger partial charge is 0.350 e. The molecule has 1 N–H and O–H groups in total. The van der Waals surface area contributed by atoms with Crippen LogP contribution >= 0.6 is 15.9 Å². The van der Waals surface area contributed by atoms with Gasteiger partial charge in [0, 0.05) is 23.1 Å². The molecule has 2 fully saturated rings. The highest BCUT2D eigenvalue weighted by atomic mass is 79.9. The van der Waals surface area contributed by atoms with Crippen molar-refractivity contribution in [1.29, 1.82) is 0 Å². The van der Waals surface area contributed by atoms with Gasteiger partial charge in [-0.05, 0) is 44.0 Å². The van der Waals surface area contributed by atoms with E-state index < -0.39 is 21.3 Å². The third-order valence-corrected chi connectivity index (χ3v) is 7.67. The van der Waals surface area contributed by atoms with E-state index in [9.17, 15) is 18.0 Å². The first-order valence-corrected chi connectivity index (χ1v) is 10.8. The normalized spacial score (nSPS) is 28.4. The number of halogens is 1. The molecular formula is C17H21BrN2O4S. The lowest BCUT2D eigenvalue weighted by Gasteiger charge is -2.25. The minimum absolute atomic E-state index is 0.0397. The number of rotatable bonds is 3. The Morgan fingerprint density at radius 1 is 1.40 bits per heavy atom. The number of hydrogen-bond donors (Lipinski definition) is 1. The molecule has 2 aliphatic rings. The Kier molecular flexibility index (Phi) is 4.70. The number of sulfone groups is 1. The van der Waals surface area contributed by atoms with Crippen LogP contribution in [-0.4, -0.2) is 43.8 Å². The van der Waals surface area contributed by atoms with Crippen molar-refractivity contribution in [2.24, 2.45) is 5.92 Å². The number of carbonyl (C=O) groups excluding carboxylic acids is 2. The van der Waals surface area contributed by atoms with Crippen LogP contribution in [0, 0.1) is 12.8 Å². The number of aryl methyl sites for hydroxylation is 1. The van der Waals surface area contributed by atoms with Gasteiger partial charge in [0.25, 0.3) is 0 Å². The fraction of sp³-hybridized carbons (Fsp3) is 0.529. The van der Waals surface area contributed by atoms with Gasteiger partial charge in [-0.2, -0.15) is 0 Å². The fourth-order valence-electron chi connectivity index (χ4n) is 3.44. The Balaban J connectivity index is 1.70. The summed E-state index contributed by atoms with van der Waals surface area (Å²) in [5, 5.41) is 2.86. The van der Waals surface area contributed by atoms with Gasteiger partial charge in [0.05, 0.1) is 23.0 Å². The minimum atomic E-state index is -3.09. The molecule has 0 aliphatic carbocycles. The van der Waals surface area contributed by atoms with Crippen LogP contribution in [0.3, 0.4) is 0 Å². The van der Waals surface area contributed by atoms with Crippen molar-refractivity contribution < 1.29 is 18.0 Å². The van der Waals surface area contributed by atoms with Crippen molar-refractivity contribution in [1.82, 2.24) is 5.32 Å². The van der Waals surface area contributed by atoms with Gasteiger partial charge in [-0.3, -0.25) is 9.59 Å². The van der Waals surface area contributed by atoms with Crippen molar-refractivity contribution in [3.05, 3.63) is 28.2 Å². The van der Waals surface area contributed by atoms with Crippen LogP contribution in [-0.2, 0) is 19.4 Å². The highest BCUT2D eigenvalue weighted by Crippen LogP contribution is 2.30. The summed E-state index contributed by atoms with van der Waals surface area (Å²) < 4.78 is 24.3. The van der Waals surface area contributed by atoms with E-state index in [2.05, 4.69) is 21.2 Å². The molecule has 0 bridgehead atoms. The van der Waals surface area contributed by atoms with Crippen LogP contribution in [0.15, 0.2) is 22.7 Å². The number of hydrogen-bond acceptors (Lipinski definition) is 4. The number of nitrogens with one attached hydrogen (secondary N) is 1. The van der Waals surface area contributed by atoms with Crippen LogP contribution in [0.2, 0.25) is 0 Å². The zero-order chi connectivity index (χ0) is 18.4. The molecule has 3 rings (SSSR count). The van der Waals surface area contributed by atoms with E-state index in [0.29, 0.717) is 13.0 Å². The molecule has 0 unspecified atom stereocenters. The highest BCUT2D eigenvalue weighted by molar-refractivity contribution is 9.10. The summed E-state index contributed by atoms with van der Waals surface area (Å²) in [6.07, 6.45) is 0.557. The summed E-state index contributed by atoms with van der Waals surface area (Å²) in [5.74, 6) is -0.744. The summed E-state index contributed by atoms with van der Waals surface area (Å²) in [6, 6.07) is 5.64. The zero-order valence-corrected chi connectivity index (χ0v) is 16.6. The second-order valence-electron chi connectivity index (χ2n) is 7.23. The molecular weight excluding hydrogens is 408 g/mol. The summed E-state index contributed by atoms with van der Waals surface area (Å²) in [6.45, 7) is 4.01. The van der Waals surface area contributed by atoms with Crippen LogP contribution < -0.4 is 10.2 Å². The zero-order valence-electron chi connectivity index (χ0n) is 14.2. The second kappa shape index (κ2) is 6.39. The fourth-order valence-corrected chi connectivity index (χ4v) is 5.78. The maximum absolute atomic E-state index is 12.6. The summed E-state index contributed by atoms with van der Waals surface area (Å²) in [5.41, 5.74) is 1.05. The van der Waals surface area contributed by atoms with E-state index in [4.69, 9.17) is 0 Å². The van der Waals surface area contributed by atoms with Crippen LogP contribution in [0.1, 0.15) is 25.3 Å². The van der Waals surface area contributed by atoms with Gasteiger partial charge in [0.1, 0.15) is 0 Å². The van der Waals surface area contributed by atoms with Gasteiger partial charge in [0.15, 0.2) is 9.84 Å². The van der Waals surface area contributed by atoms with Crippen LogP contribution in [0.5, 0.6) is 0 Å². The first kappa shape index (κ1) is 18.4. The first-order valence-electron chi connectivity index (χ1n) is 8.18. The molecule has 2 heterocycles. The molecule has 0 saturated carbocycles. The predicted octanol–water partition coefficient (Wildman–Crippen LogP) is 1.80. The number of anilines is 1. The number of benzene rings is 1. The van der Waals surface area contributed by atoms with Crippen molar-refractivity contribution in [3.8, 4) is 0 Å². The van der Waals surface area contributed by atoms with Crippen LogP contribution in [0.25, 0.3) is 0 Å². The molecule has 6 nitrogen and oxygen atoms in total. The van der Waals surface area contributed by atoms with E-state index in [0.717, 1.165) is 15.7 Å². The summed E-state index contributed by atoms with van der Waals surface area (Å²) >= 11 is 3.44. The topological polar surface area (TPSA) is 83.6 Å². The Labute approximate surface area is 156 Å². The van der Waals surface area contributed by atoms with Crippen molar-refractivity contribution in [3.63, 3.8) is 0 Å². The molecule has 2 aliphatic heterocycles. The molecule has 0 aromatic heterocycles. The van der Waals surface area contributed by atoms with Crippen molar-refractivity contribution >= 4 is 43.3 Å². The third-order valence-electron chi connectivity index (χ3n) is 4.88. The molecule has 1 aromatic rings. The molecule has 2 saturated heterocycles. The van der Waals surface area contributed by atoms with Crippen molar-refractivity contribution in [2.75, 3.05) is 23.0 Å². The number of amides is 2. The lowest BCUT2D eigenvalue weighted by atomic mass is 9.99. The van der Waals surface area contributed by atoms with E-state index in [1.165, 1.54) is 0 Å². The molecule has 8 heteroatoms. The molecule has 2 atom stereocenters. The van der Waals surface area contributed by atoms with Gasteiger partial charge in [0.2, 0.25) is 11.8 Å². The molecule has 25 heavy (non-hydrogen) atoms. The van der Waals surface area contributed by atoms with E-state index in [1.807, 2.05) is 25.1 Å². The van der Waals surface area contributed by atoms with E-state index in [-0.39, 0.29) is 29.7 Å². The Bertz CT molecular complexity index is 839. The lowest BCUT2D eigenvalue weighted by Crippen LogP contribution is -2.49. The quantitative estimate of drug-likeness (QED) is 0.795. The van der Waals surface area contributed by atoms with Gasteiger partial charge in [-0.15, -0.1) is 0 Å². The average Bonchev–Trinajstić information content (AvgIpc) is 3.02. The van der Waals surface area contributed by atoms with E-state index in [1.54, 1.807) is 11.8 Å². The molecule has 0 spiro atoms. The maximum atomic E-state index is 12.6. The minimum Gasteiger partial charge on any atom is -0.350 e.